The first kappa shape index (κ1) is 9.59. The Hall–Kier alpha value is -0.960. The standard InChI is InChI=1S/C11H11O2S/c1-8-2-4-9(5-3-8)14-10-6-7-13-11(10)12/h2-5,10H,1,6-7H2. The second-order valence-corrected chi connectivity index (χ2v) is 4.48. The predicted octanol–water partition coefficient (Wildman–Crippen LogP) is 2.28. The molecule has 1 atom stereocenters. The number of ether oxygens (including phenoxy) is 1. The number of carbonyl (C=O) groups is 1. The first-order valence-electron chi connectivity index (χ1n) is 4.51. The van der Waals surface area contributed by atoms with Crippen molar-refractivity contribution in [3.63, 3.8) is 0 Å². The van der Waals surface area contributed by atoms with E-state index in [1.807, 2.05) is 24.3 Å². The number of carbonyl (C=O) groups excluding carboxylic acids is 1. The lowest BCUT2D eigenvalue weighted by atomic mass is 10.2. The summed E-state index contributed by atoms with van der Waals surface area (Å²) in [4.78, 5) is 12.3. The van der Waals surface area contributed by atoms with Gasteiger partial charge in [0.2, 0.25) is 0 Å². The summed E-state index contributed by atoms with van der Waals surface area (Å²) < 4.78 is 4.89. The van der Waals surface area contributed by atoms with Crippen LogP contribution in [0.4, 0.5) is 0 Å². The van der Waals surface area contributed by atoms with Crippen LogP contribution < -0.4 is 0 Å². The number of benzene rings is 1. The number of thioether (sulfide) groups is 1. The van der Waals surface area contributed by atoms with E-state index in [0.29, 0.717) is 6.61 Å². The quantitative estimate of drug-likeness (QED) is 0.696. The van der Waals surface area contributed by atoms with E-state index in [1.54, 1.807) is 11.8 Å². The van der Waals surface area contributed by atoms with Gasteiger partial charge in [0, 0.05) is 11.3 Å². The van der Waals surface area contributed by atoms with Crippen molar-refractivity contribution in [2.75, 3.05) is 6.61 Å². The summed E-state index contributed by atoms with van der Waals surface area (Å²) in [5, 5.41) is -0.0225. The highest BCUT2D eigenvalue weighted by molar-refractivity contribution is 8.00. The Labute approximate surface area is 87.6 Å². The summed E-state index contributed by atoms with van der Waals surface area (Å²) in [6.45, 7) is 4.37. The average molecular weight is 207 g/mol. The fraction of sp³-hybridized carbons (Fsp3) is 0.273. The molecule has 0 saturated carbocycles. The molecule has 1 aromatic carbocycles. The van der Waals surface area contributed by atoms with Gasteiger partial charge in [0.25, 0.3) is 0 Å². The van der Waals surface area contributed by atoms with E-state index >= 15 is 0 Å². The van der Waals surface area contributed by atoms with Crippen LogP contribution in [0.1, 0.15) is 12.0 Å². The minimum atomic E-state index is -0.0892. The molecule has 1 fully saturated rings. The third-order valence-corrected chi connectivity index (χ3v) is 3.35. The second kappa shape index (κ2) is 4.05. The third-order valence-electron chi connectivity index (χ3n) is 2.09. The lowest BCUT2D eigenvalue weighted by Crippen LogP contribution is -2.08. The van der Waals surface area contributed by atoms with Gasteiger partial charge in [0.1, 0.15) is 5.25 Å². The third kappa shape index (κ3) is 2.10. The van der Waals surface area contributed by atoms with Crippen LogP contribution >= 0.6 is 11.8 Å². The maximum absolute atomic E-state index is 11.2. The van der Waals surface area contributed by atoms with Gasteiger partial charge >= 0.3 is 5.97 Å². The molecule has 1 aromatic rings. The van der Waals surface area contributed by atoms with Crippen LogP contribution in [0.25, 0.3) is 0 Å². The maximum atomic E-state index is 11.2. The molecule has 1 aliphatic heterocycles. The lowest BCUT2D eigenvalue weighted by molar-refractivity contribution is -0.137. The molecule has 2 rings (SSSR count). The molecule has 3 heteroatoms. The first-order chi connectivity index (χ1) is 6.75. The van der Waals surface area contributed by atoms with Crippen molar-refractivity contribution in [3.05, 3.63) is 36.8 Å². The van der Waals surface area contributed by atoms with Crippen molar-refractivity contribution in [1.82, 2.24) is 0 Å². The SMILES string of the molecule is [CH2]c1ccc(SC2CCOC2=O)cc1. The van der Waals surface area contributed by atoms with E-state index in [4.69, 9.17) is 4.74 Å². The molecule has 14 heavy (non-hydrogen) atoms. The molecule has 1 aliphatic rings. The van der Waals surface area contributed by atoms with E-state index in [-0.39, 0.29) is 11.2 Å². The van der Waals surface area contributed by atoms with Crippen molar-refractivity contribution in [2.45, 2.75) is 16.6 Å². The highest BCUT2D eigenvalue weighted by Gasteiger charge is 2.27. The molecular formula is C11H11O2S. The van der Waals surface area contributed by atoms with E-state index in [1.165, 1.54) is 0 Å². The molecule has 1 heterocycles. The normalized spacial score (nSPS) is 20.9. The number of rotatable bonds is 2. The average Bonchev–Trinajstić information content (AvgIpc) is 2.56. The molecule has 1 unspecified atom stereocenters. The largest absolute Gasteiger partial charge is 0.465 e. The van der Waals surface area contributed by atoms with Crippen LogP contribution in [-0.4, -0.2) is 17.8 Å². The van der Waals surface area contributed by atoms with Gasteiger partial charge in [0.05, 0.1) is 6.61 Å². The summed E-state index contributed by atoms with van der Waals surface area (Å²) in [6.07, 6.45) is 0.815. The molecule has 0 aromatic heterocycles. The van der Waals surface area contributed by atoms with Crippen LogP contribution in [0.5, 0.6) is 0 Å². The minimum absolute atomic E-state index is 0.0225. The molecule has 73 valence electrons. The Morgan fingerprint density at radius 3 is 2.64 bits per heavy atom. The molecule has 0 N–H and O–H groups in total. The Morgan fingerprint density at radius 2 is 2.07 bits per heavy atom. The summed E-state index contributed by atoms with van der Waals surface area (Å²) in [5.41, 5.74) is 0.989. The van der Waals surface area contributed by atoms with Crippen molar-refractivity contribution >= 4 is 17.7 Å². The molecule has 0 aliphatic carbocycles. The summed E-state index contributed by atoms with van der Waals surface area (Å²) in [7, 11) is 0. The van der Waals surface area contributed by atoms with Gasteiger partial charge < -0.3 is 4.74 Å². The van der Waals surface area contributed by atoms with Gasteiger partial charge in [-0.2, -0.15) is 0 Å². The topological polar surface area (TPSA) is 26.3 Å². The molecule has 1 saturated heterocycles. The number of cyclic esters (lactones) is 1. The number of esters is 1. The molecular weight excluding hydrogens is 196 g/mol. The number of hydrogen-bond donors (Lipinski definition) is 0. The Balaban J connectivity index is 2.03. The van der Waals surface area contributed by atoms with E-state index in [9.17, 15) is 4.79 Å². The highest BCUT2D eigenvalue weighted by Crippen LogP contribution is 2.29. The Morgan fingerprint density at radius 1 is 1.36 bits per heavy atom. The molecule has 0 spiro atoms. The van der Waals surface area contributed by atoms with Crippen molar-refractivity contribution in [1.29, 1.82) is 0 Å². The monoisotopic (exact) mass is 207 g/mol. The van der Waals surface area contributed by atoms with Gasteiger partial charge in [-0.15, -0.1) is 11.8 Å². The number of hydrogen-bond acceptors (Lipinski definition) is 3. The van der Waals surface area contributed by atoms with Gasteiger partial charge in [0.15, 0.2) is 0 Å². The first-order valence-corrected chi connectivity index (χ1v) is 5.39. The van der Waals surface area contributed by atoms with Crippen LogP contribution in [0.2, 0.25) is 0 Å². The van der Waals surface area contributed by atoms with Gasteiger partial charge in [-0.05, 0) is 24.6 Å². The van der Waals surface area contributed by atoms with Crippen LogP contribution in [-0.2, 0) is 9.53 Å². The Bertz CT molecular complexity index is 332. The fourth-order valence-electron chi connectivity index (χ4n) is 1.32. The summed E-state index contributed by atoms with van der Waals surface area (Å²) in [5.74, 6) is -0.0892. The van der Waals surface area contributed by atoms with Crippen molar-refractivity contribution < 1.29 is 9.53 Å². The zero-order valence-corrected chi connectivity index (χ0v) is 8.55. The van der Waals surface area contributed by atoms with Crippen molar-refractivity contribution in [2.24, 2.45) is 0 Å². The van der Waals surface area contributed by atoms with Gasteiger partial charge in [-0.25, -0.2) is 0 Å². The Kier molecular flexibility index (Phi) is 2.77. The minimum Gasteiger partial charge on any atom is -0.465 e. The zero-order valence-electron chi connectivity index (χ0n) is 7.73. The smallest absolute Gasteiger partial charge is 0.319 e. The van der Waals surface area contributed by atoms with Crippen LogP contribution in [0.15, 0.2) is 29.2 Å². The molecule has 0 amide bonds. The van der Waals surface area contributed by atoms with Gasteiger partial charge in [-0.1, -0.05) is 12.1 Å². The maximum Gasteiger partial charge on any atom is 0.319 e. The van der Waals surface area contributed by atoms with Crippen molar-refractivity contribution in [3.8, 4) is 0 Å². The van der Waals surface area contributed by atoms with E-state index in [2.05, 4.69) is 6.92 Å². The summed E-state index contributed by atoms with van der Waals surface area (Å²) in [6, 6.07) is 7.86. The second-order valence-electron chi connectivity index (χ2n) is 3.21. The predicted molar refractivity (Wildman–Crippen MR) is 56.1 cm³/mol. The van der Waals surface area contributed by atoms with Crippen LogP contribution in [0, 0.1) is 6.92 Å². The molecule has 0 bridgehead atoms. The van der Waals surface area contributed by atoms with Gasteiger partial charge in [-0.3, -0.25) is 4.79 Å². The van der Waals surface area contributed by atoms with Crippen LogP contribution in [0.3, 0.4) is 0 Å². The lowest BCUT2D eigenvalue weighted by Gasteiger charge is -2.04. The van der Waals surface area contributed by atoms with E-state index in [0.717, 1.165) is 16.9 Å². The highest BCUT2D eigenvalue weighted by atomic mass is 32.2. The van der Waals surface area contributed by atoms with E-state index < -0.39 is 0 Å². The molecule has 1 radical (unpaired) electrons. The fourth-order valence-corrected chi connectivity index (χ4v) is 2.32. The molecule has 2 nitrogen and oxygen atoms in total. The zero-order chi connectivity index (χ0) is 9.97. The summed E-state index contributed by atoms with van der Waals surface area (Å²) >= 11 is 1.57.